The highest BCUT2D eigenvalue weighted by Crippen LogP contribution is 2.28. The van der Waals surface area contributed by atoms with E-state index in [9.17, 15) is 0 Å². The van der Waals surface area contributed by atoms with E-state index in [1.54, 1.807) is 12.4 Å². The summed E-state index contributed by atoms with van der Waals surface area (Å²) in [5.41, 5.74) is 5.63. The summed E-state index contributed by atoms with van der Waals surface area (Å²) in [7, 11) is 0. The van der Waals surface area contributed by atoms with Crippen LogP contribution in [0, 0.1) is 5.92 Å². The zero-order chi connectivity index (χ0) is 10.7. The lowest BCUT2D eigenvalue weighted by Crippen LogP contribution is -2.33. The SMILES string of the molecule is CCN(CC1CCC1)c1cncc(N)n1. The molecule has 0 bridgehead atoms. The molecule has 1 heterocycles. The van der Waals surface area contributed by atoms with Crippen LogP contribution in [0.15, 0.2) is 12.4 Å². The molecule has 1 aliphatic carbocycles. The Kier molecular flexibility index (Phi) is 3.04. The molecule has 15 heavy (non-hydrogen) atoms. The minimum absolute atomic E-state index is 0.500. The molecule has 0 aromatic carbocycles. The lowest BCUT2D eigenvalue weighted by atomic mass is 9.85. The molecule has 0 atom stereocenters. The normalized spacial score (nSPS) is 16.1. The molecule has 0 aliphatic heterocycles. The summed E-state index contributed by atoms with van der Waals surface area (Å²) in [5.74, 6) is 2.25. The molecular formula is C11H18N4. The van der Waals surface area contributed by atoms with Crippen LogP contribution in [0.3, 0.4) is 0 Å². The molecule has 0 radical (unpaired) electrons. The van der Waals surface area contributed by atoms with Crippen molar-refractivity contribution in [1.29, 1.82) is 0 Å². The van der Waals surface area contributed by atoms with Crippen molar-refractivity contribution < 1.29 is 0 Å². The van der Waals surface area contributed by atoms with Crippen molar-refractivity contribution in [2.45, 2.75) is 26.2 Å². The van der Waals surface area contributed by atoms with E-state index in [0.29, 0.717) is 5.82 Å². The average molecular weight is 206 g/mol. The predicted molar refractivity (Wildman–Crippen MR) is 61.7 cm³/mol. The fraction of sp³-hybridized carbons (Fsp3) is 0.636. The summed E-state index contributed by atoms with van der Waals surface area (Å²) in [6.45, 7) is 4.20. The Morgan fingerprint density at radius 2 is 2.27 bits per heavy atom. The maximum absolute atomic E-state index is 5.63. The van der Waals surface area contributed by atoms with Crippen LogP contribution in [-0.2, 0) is 0 Å². The van der Waals surface area contributed by atoms with E-state index in [-0.39, 0.29) is 0 Å². The molecule has 2 N–H and O–H groups in total. The lowest BCUT2D eigenvalue weighted by molar-refractivity contribution is 0.318. The number of hydrogen-bond acceptors (Lipinski definition) is 4. The summed E-state index contributed by atoms with van der Waals surface area (Å²) >= 11 is 0. The second-order valence-electron chi connectivity index (χ2n) is 4.14. The first-order chi connectivity index (χ1) is 7.29. The fourth-order valence-corrected chi connectivity index (χ4v) is 1.89. The van der Waals surface area contributed by atoms with E-state index < -0.39 is 0 Å². The topological polar surface area (TPSA) is 55.0 Å². The summed E-state index contributed by atoms with van der Waals surface area (Å²) in [4.78, 5) is 10.6. The van der Waals surface area contributed by atoms with Gasteiger partial charge >= 0.3 is 0 Å². The van der Waals surface area contributed by atoms with Gasteiger partial charge in [-0.15, -0.1) is 0 Å². The first kappa shape index (κ1) is 10.2. The summed E-state index contributed by atoms with van der Waals surface area (Å²) < 4.78 is 0. The number of aromatic nitrogens is 2. The number of anilines is 2. The van der Waals surface area contributed by atoms with Crippen molar-refractivity contribution in [3.05, 3.63) is 12.4 Å². The standard InChI is InChI=1S/C11H18N4/c1-2-15(8-9-4-3-5-9)11-7-13-6-10(12)14-11/h6-7,9H,2-5,8H2,1H3,(H2,12,14). The highest BCUT2D eigenvalue weighted by Gasteiger charge is 2.20. The molecule has 4 heteroatoms. The first-order valence-electron chi connectivity index (χ1n) is 5.62. The van der Waals surface area contributed by atoms with Crippen LogP contribution in [-0.4, -0.2) is 23.1 Å². The Labute approximate surface area is 90.5 Å². The Bertz CT molecular complexity index is 322. The number of hydrogen-bond donors (Lipinski definition) is 1. The van der Waals surface area contributed by atoms with Gasteiger partial charge in [-0.2, -0.15) is 0 Å². The molecule has 1 saturated carbocycles. The second-order valence-corrected chi connectivity index (χ2v) is 4.14. The van der Waals surface area contributed by atoms with Gasteiger partial charge in [-0.05, 0) is 25.7 Å². The minimum atomic E-state index is 0.500. The fourth-order valence-electron chi connectivity index (χ4n) is 1.89. The van der Waals surface area contributed by atoms with Crippen molar-refractivity contribution in [2.24, 2.45) is 5.92 Å². The highest BCUT2D eigenvalue weighted by molar-refractivity contribution is 5.41. The Morgan fingerprint density at radius 3 is 2.80 bits per heavy atom. The van der Waals surface area contributed by atoms with Gasteiger partial charge in [-0.3, -0.25) is 4.98 Å². The largest absolute Gasteiger partial charge is 0.382 e. The molecule has 0 spiro atoms. The van der Waals surface area contributed by atoms with E-state index in [4.69, 9.17) is 5.73 Å². The third-order valence-electron chi connectivity index (χ3n) is 3.05. The van der Waals surface area contributed by atoms with Crippen molar-refractivity contribution in [3.8, 4) is 0 Å². The van der Waals surface area contributed by atoms with Crippen LogP contribution < -0.4 is 10.6 Å². The van der Waals surface area contributed by atoms with Gasteiger partial charge in [0.15, 0.2) is 0 Å². The van der Waals surface area contributed by atoms with Gasteiger partial charge in [0, 0.05) is 13.1 Å². The van der Waals surface area contributed by atoms with Gasteiger partial charge < -0.3 is 10.6 Å². The van der Waals surface area contributed by atoms with Crippen LogP contribution in [0.1, 0.15) is 26.2 Å². The van der Waals surface area contributed by atoms with Crippen LogP contribution >= 0.6 is 0 Å². The van der Waals surface area contributed by atoms with Crippen LogP contribution in [0.5, 0.6) is 0 Å². The van der Waals surface area contributed by atoms with Crippen molar-refractivity contribution in [3.63, 3.8) is 0 Å². The smallest absolute Gasteiger partial charge is 0.149 e. The molecule has 1 fully saturated rings. The molecule has 1 aromatic rings. The van der Waals surface area contributed by atoms with Crippen molar-refractivity contribution >= 4 is 11.6 Å². The Hall–Kier alpha value is -1.32. The summed E-state index contributed by atoms with van der Waals surface area (Å²) in [6.07, 6.45) is 7.46. The van der Waals surface area contributed by atoms with E-state index in [1.165, 1.54) is 19.3 Å². The molecule has 0 unspecified atom stereocenters. The van der Waals surface area contributed by atoms with Gasteiger partial charge in [-0.1, -0.05) is 6.42 Å². The van der Waals surface area contributed by atoms with Crippen molar-refractivity contribution in [2.75, 3.05) is 23.7 Å². The number of nitrogens with two attached hydrogens (primary N) is 1. The zero-order valence-corrected chi connectivity index (χ0v) is 9.19. The van der Waals surface area contributed by atoms with E-state index in [0.717, 1.165) is 24.8 Å². The zero-order valence-electron chi connectivity index (χ0n) is 9.19. The summed E-state index contributed by atoms with van der Waals surface area (Å²) in [6, 6.07) is 0. The maximum atomic E-state index is 5.63. The van der Waals surface area contributed by atoms with Crippen LogP contribution in [0.4, 0.5) is 11.6 Å². The van der Waals surface area contributed by atoms with Crippen molar-refractivity contribution in [1.82, 2.24) is 9.97 Å². The number of nitrogens with zero attached hydrogens (tertiary/aromatic N) is 3. The molecule has 0 amide bonds. The molecule has 2 rings (SSSR count). The predicted octanol–water partition coefficient (Wildman–Crippen LogP) is 1.69. The highest BCUT2D eigenvalue weighted by atomic mass is 15.2. The van der Waals surface area contributed by atoms with Gasteiger partial charge in [-0.25, -0.2) is 4.98 Å². The third kappa shape index (κ3) is 2.37. The van der Waals surface area contributed by atoms with Gasteiger partial charge in [0.2, 0.25) is 0 Å². The van der Waals surface area contributed by atoms with Gasteiger partial charge in [0.1, 0.15) is 11.6 Å². The maximum Gasteiger partial charge on any atom is 0.149 e. The van der Waals surface area contributed by atoms with E-state index >= 15 is 0 Å². The minimum Gasteiger partial charge on any atom is -0.382 e. The third-order valence-corrected chi connectivity index (χ3v) is 3.05. The monoisotopic (exact) mass is 206 g/mol. The molecule has 0 saturated heterocycles. The Balaban J connectivity index is 2.04. The quantitative estimate of drug-likeness (QED) is 0.814. The van der Waals surface area contributed by atoms with Gasteiger partial charge in [0.05, 0.1) is 12.4 Å². The Morgan fingerprint density at radius 1 is 1.47 bits per heavy atom. The van der Waals surface area contributed by atoms with Gasteiger partial charge in [0.25, 0.3) is 0 Å². The van der Waals surface area contributed by atoms with E-state index in [1.807, 2.05) is 0 Å². The average Bonchev–Trinajstić information content (AvgIpc) is 2.16. The first-order valence-corrected chi connectivity index (χ1v) is 5.62. The number of rotatable bonds is 4. The van der Waals surface area contributed by atoms with Crippen LogP contribution in [0.25, 0.3) is 0 Å². The van der Waals surface area contributed by atoms with Crippen LogP contribution in [0.2, 0.25) is 0 Å². The molecule has 1 aliphatic rings. The number of nitrogen functional groups attached to an aromatic ring is 1. The summed E-state index contributed by atoms with van der Waals surface area (Å²) in [5, 5.41) is 0. The molecule has 82 valence electrons. The second kappa shape index (κ2) is 4.47. The molecule has 1 aromatic heterocycles. The lowest BCUT2D eigenvalue weighted by Gasteiger charge is -2.32. The molecular weight excluding hydrogens is 188 g/mol. The molecule has 4 nitrogen and oxygen atoms in total. The van der Waals surface area contributed by atoms with E-state index in [2.05, 4.69) is 21.8 Å².